The van der Waals surface area contributed by atoms with Gasteiger partial charge in [-0.3, -0.25) is 0 Å². The third kappa shape index (κ3) is 1.85. The highest BCUT2D eigenvalue weighted by molar-refractivity contribution is 9.10. The lowest BCUT2D eigenvalue weighted by Gasteiger charge is -2.26. The van der Waals surface area contributed by atoms with E-state index in [1.165, 1.54) is 32.0 Å². The quantitative estimate of drug-likeness (QED) is 0.668. The monoisotopic (exact) mass is 321 g/mol. The Bertz CT molecular complexity index is 759. The molecule has 3 heteroatoms. The van der Waals surface area contributed by atoms with Crippen molar-refractivity contribution in [3.05, 3.63) is 70.7 Å². The molecular formula is C17H13BBrN. The predicted octanol–water partition coefficient (Wildman–Crippen LogP) is 4.01. The van der Waals surface area contributed by atoms with Gasteiger partial charge in [0.05, 0.1) is 0 Å². The fourth-order valence-electron chi connectivity index (χ4n) is 3.11. The van der Waals surface area contributed by atoms with E-state index in [0.717, 1.165) is 6.32 Å². The summed E-state index contributed by atoms with van der Waals surface area (Å²) in [5.41, 5.74) is 3.99. The molecule has 0 atom stereocenters. The van der Waals surface area contributed by atoms with E-state index in [9.17, 15) is 0 Å². The van der Waals surface area contributed by atoms with Crippen LogP contribution in [0, 0.1) is 0 Å². The van der Waals surface area contributed by atoms with Gasteiger partial charge in [0, 0.05) is 15.5 Å². The normalized spacial score (nSPS) is 13.3. The van der Waals surface area contributed by atoms with Gasteiger partial charge in [0.2, 0.25) is 0 Å². The zero-order valence-corrected chi connectivity index (χ0v) is 12.5. The Labute approximate surface area is 127 Å². The topological polar surface area (TPSA) is 12.0 Å². The van der Waals surface area contributed by atoms with Gasteiger partial charge in [-0.15, -0.1) is 0 Å². The van der Waals surface area contributed by atoms with Gasteiger partial charge >= 0.3 is 0 Å². The second kappa shape index (κ2) is 4.67. The molecule has 0 radical (unpaired) electrons. The molecule has 3 aromatic rings. The van der Waals surface area contributed by atoms with Crippen LogP contribution in [0.2, 0.25) is 0 Å². The van der Waals surface area contributed by atoms with Crippen LogP contribution >= 0.6 is 15.9 Å². The van der Waals surface area contributed by atoms with E-state index in [2.05, 4.69) is 81.8 Å². The molecule has 0 unspecified atom stereocenters. The largest absolute Gasteiger partial charge is 0.423 e. The van der Waals surface area contributed by atoms with Crippen molar-refractivity contribution >= 4 is 44.7 Å². The van der Waals surface area contributed by atoms with Crippen LogP contribution in [0.5, 0.6) is 0 Å². The summed E-state index contributed by atoms with van der Waals surface area (Å²) in [7, 11) is 0. The molecule has 20 heavy (non-hydrogen) atoms. The van der Waals surface area contributed by atoms with E-state index >= 15 is 0 Å². The van der Waals surface area contributed by atoms with Gasteiger partial charge in [-0.2, -0.15) is 0 Å². The standard InChI is InChI=1S/C17H13BBrN/c19-15-9-2-1-8-14(15)18-11-13-7-3-5-12-6-4-10-16(20-18)17(12)13/h1-10,20H,11H2. The molecular weight excluding hydrogens is 309 g/mol. The van der Waals surface area contributed by atoms with Crippen LogP contribution in [0.25, 0.3) is 10.8 Å². The van der Waals surface area contributed by atoms with Crippen LogP contribution in [0.1, 0.15) is 5.56 Å². The van der Waals surface area contributed by atoms with Gasteiger partial charge < -0.3 is 5.23 Å². The number of anilines is 1. The molecule has 0 aromatic heterocycles. The van der Waals surface area contributed by atoms with E-state index in [1.807, 2.05) is 0 Å². The van der Waals surface area contributed by atoms with Crippen LogP contribution in [-0.2, 0) is 6.32 Å². The Balaban J connectivity index is 1.86. The minimum absolute atomic E-state index is 0.325. The highest BCUT2D eigenvalue weighted by Crippen LogP contribution is 2.31. The Morgan fingerprint density at radius 3 is 2.55 bits per heavy atom. The van der Waals surface area contributed by atoms with Crippen molar-refractivity contribution in [2.24, 2.45) is 0 Å². The maximum atomic E-state index is 3.69. The molecule has 96 valence electrons. The predicted molar refractivity (Wildman–Crippen MR) is 90.8 cm³/mol. The molecule has 0 fully saturated rings. The maximum absolute atomic E-state index is 3.69. The summed E-state index contributed by atoms with van der Waals surface area (Å²) < 4.78 is 1.17. The molecule has 1 N–H and O–H groups in total. The highest BCUT2D eigenvalue weighted by atomic mass is 79.9. The summed E-state index contributed by atoms with van der Waals surface area (Å²) in [5, 5.41) is 6.38. The van der Waals surface area contributed by atoms with Crippen molar-refractivity contribution in [1.82, 2.24) is 0 Å². The van der Waals surface area contributed by atoms with Crippen molar-refractivity contribution in [1.29, 1.82) is 0 Å². The summed E-state index contributed by atoms with van der Waals surface area (Å²) in [6, 6.07) is 21.5. The Hall–Kier alpha value is -1.74. The summed E-state index contributed by atoms with van der Waals surface area (Å²) in [6.45, 7) is 0.325. The summed E-state index contributed by atoms with van der Waals surface area (Å²) in [6.07, 6.45) is 1.02. The lowest BCUT2D eigenvalue weighted by molar-refractivity contribution is 1.37. The molecule has 3 aromatic carbocycles. The van der Waals surface area contributed by atoms with Crippen LogP contribution in [0.4, 0.5) is 5.69 Å². The summed E-state index contributed by atoms with van der Waals surface area (Å²) in [5.74, 6) is 0. The van der Waals surface area contributed by atoms with E-state index in [4.69, 9.17) is 0 Å². The third-order valence-corrected chi connectivity index (χ3v) is 4.75. The van der Waals surface area contributed by atoms with Crippen LogP contribution in [0.15, 0.2) is 65.1 Å². The Kier molecular flexibility index (Phi) is 2.81. The zero-order valence-electron chi connectivity index (χ0n) is 10.9. The molecule has 1 aliphatic rings. The maximum Gasteiger partial charge on any atom is 0.291 e. The van der Waals surface area contributed by atoms with Crippen molar-refractivity contribution in [2.45, 2.75) is 6.32 Å². The van der Waals surface area contributed by atoms with Gasteiger partial charge in [0.1, 0.15) is 0 Å². The first-order chi connectivity index (χ1) is 9.83. The first kappa shape index (κ1) is 12.0. The number of hydrogen-bond donors (Lipinski definition) is 1. The van der Waals surface area contributed by atoms with Crippen LogP contribution < -0.4 is 10.7 Å². The molecule has 1 heterocycles. The lowest BCUT2D eigenvalue weighted by Crippen LogP contribution is -2.43. The van der Waals surface area contributed by atoms with Gasteiger partial charge in [-0.1, -0.05) is 64.5 Å². The van der Waals surface area contributed by atoms with Crippen LogP contribution in [0.3, 0.4) is 0 Å². The molecule has 0 amide bonds. The second-order valence-electron chi connectivity index (χ2n) is 5.24. The van der Waals surface area contributed by atoms with E-state index in [-0.39, 0.29) is 0 Å². The molecule has 1 aliphatic heterocycles. The first-order valence-corrected chi connectivity index (χ1v) is 7.64. The van der Waals surface area contributed by atoms with Crippen molar-refractivity contribution < 1.29 is 0 Å². The Morgan fingerprint density at radius 1 is 0.900 bits per heavy atom. The van der Waals surface area contributed by atoms with Gasteiger partial charge in [-0.25, -0.2) is 0 Å². The van der Waals surface area contributed by atoms with Gasteiger partial charge in [0.15, 0.2) is 0 Å². The van der Waals surface area contributed by atoms with Crippen molar-refractivity contribution in [3.8, 4) is 0 Å². The summed E-state index contributed by atoms with van der Waals surface area (Å²) >= 11 is 3.67. The fraction of sp³-hybridized carbons (Fsp3) is 0.0588. The number of nitrogens with one attached hydrogen (secondary N) is 1. The fourth-order valence-corrected chi connectivity index (χ4v) is 3.67. The number of halogens is 1. The second-order valence-corrected chi connectivity index (χ2v) is 6.10. The van der Waals surface area contributed by atoms with Crippen molar-refractivity contribution in [2.75, 3.05) is 5.23 Å². The minimum atomic E-state index is 0.325. The molecule has 0 spiro atoms. The highest BCUT2D eigenvalue weighted by Gasteiger charge is 2.26. The van der Waals surface area contributed by atoms with Crippen LogP contribution in [-0.4, -0.2) is 6.85 Å². The molecule has 1 nitrogen and oxygen atoms in total. The van der Waals surface area contributed by atoms with Crippen molar-refractivity contribution in [3.63, 3.8) is 0 Å². The Morgan fingerprint density at radius 2 is 1.70 bits per heavy atom. The molecule has 0 saturated carbocycles. The average Bonchev–Trinajstić information content (AvgIpc) is 2.48. The average molecular weight is 322 g/mol. The van der Waals surface area contributed by atoms with Gasteiger partial charge in [-0.05, 0) is 34.9 Å². The van der Waals surface area contributed by atoms with Gasteiger partial charge in [0.25, 0.3) is 6.85 Å². The smallest absolute Gasteiger partial charge is 0.291 e. The van der Waals surface area contributed by atoms with E-state index in [0.29, 0.717) is 6.85 Å². The molecule has 0 saturated heterocycles. The third-order valence-electron chi connectivity index (χ3n) is 4.03. The number of rotatable bonds is 1. The lowest BCUT2D eigenvalue weighted by atomic mass is 9.50. The summed E-state index contributed by atoms with van der Waals surface area (Å²) in [4.78, 5) is 0. The zero-order chi connectivity index (χ0) is 13.5. The SMILES string of the molecule is Brc1ccccc1B1Cc2cccc3cccc(c23)N1. The first-order valence-electron chi connectivity index (χ1n) is 6.84. The van der Waals surface area contributed by atoms with E-state index in [1.54, 1.807) is 0 Å². The molecule has 4 rings (SSSR count). The minimum Gasteiger partial charge on any atom is -0.423 e. The molecule has 0 aliphatic carbocycles. The molecule has 0 bridgehead atoms. The number of benzene rings is 3. The number of hydrogen-bond acceptors (Lipinski definition) is 1. The van der Waals surface area contributed by atoms with E-state index < -0.39 is 0 Å².